The molecule has 0 spiro atoms. The Hall–Kier alpha value is -3.00. The summed E-state index contributed by atoms with van der Waals surface area (Å²) >= 11 is 1.56. The van der Waals surface area contributed by atoms with E-state index >= 15 is 0 Å². The summed E-state index contributed by atoms with van der Waals surface area (Å²) in [4.78, 5) is 36.6. The fraction of sp³-hybridized carbons (Fsp3) is 0.250. The molecule has 0 saturated carbocycles. The standard InChI is InChI=1S/C20H23N3O4S/c1-28-13-12-17(21-18(24)14-27-16-10-6-3-7-11-16)20(26)23-22-19(25)15-8-4-2-5-9-15/h2-11,17H,12-14H2,1H3,(H,21,24)(H,22,25)(H,23,26)/t17-/m1/s1. The predicted molar refractivity (Wildman–Crippen MR) is 109 cm³/mol. The van der Waals surface area contributed by atoms with E-state index in [9.17, 15) is 14.4 Å². The fourth-order valence-electron chi connectivity index (χ4n) is 2.27. The number of nitrogens with one attached hydrogen (secondary N) is 3. The molecule has 0 radical (unpaired) electrons. The first kappa shape index (κ1) is 21.3. The molecule has 0 fully saturated rings. The maximum atomic E-state index is 12.4. The smallest absolute Gasteiger partial charge is 0.269 e. The molecule has 8 heteroatoms. The Morgan fingerprint density at radius 3 is 2.25 bits per heavy atom. The maximum absolute atomic E-state index is 12.4. The van der Waals surface area contributed by atoms with Crippen molar-refractivity contribution < 1.29 is 19.1 Å². The number of hydrogen-bond acceptors (Lipinski definition) is 5. The van der Waals surface area contributed by atoms with Crippen LogP contribution in [0.3, 0.4) is 0 Å². The van der Waals surface area contributed by atoms with E-state index in [-0.39, 0.29) is 6.61 Å². The number of amides is 3. The highest BCUT2D eigenvalue weighted by molar-refractivity contribution is 7.98. The van der Waals surface area contributed by atoms with Gasteiger partial charge in [0, 0.05) is 5.56 Å². The van der Waals surface area contributed by atoms with Gasteiger partial charge in [-0.05, 0) is 42.7 Å². The van der Waals surface area contributed by atoms with Gasteiger partial charge in [-0.1, -0.05) is 36.4 Å². The number of benzene rings is 2. The second-order valence-electron chi connectivity index (χ2n) is 5.81. The van der Waals surface area contributed by atoms with Crippen LogP contribution in [0.25, 0.3) is 0 Å². The number of thioether (sulfide) groups is 1. The number of ether oxygens (including phenoxy) is 1. The van der Waals surface area contributed by atoms with E-state index in [4.69, 9.17) is 4.74 Å². The molecule has 2 aromatic rings. The Morgan fingerprint density at radius 1 is 0.964 bits per heavy atom. The Morgan fingerprint density at radius 2 is 1.61 bits per heavy atom. The van der Waals surface area contributed by atoms with Gasteiger partial charge in [0.1, 0.15) is 11.8 Å². The molecule has 0 saturated heterocycles. The zero-order valence-corrected chi connectivity index (χ0v) is 16.3. The average molecular weight is 401 g/mol. The molecule has 0 heterocycles. The Balaban J connectivity index is 1.85. The average Bonchev–Trinajstić information content (AvgIpc) is 2.74. The van der Waals surface area contributed by atoms with Crippen LogP contribution in [-0.4, -0.2) is 42.4 Å². The molecular formula is C20H23N3O4S. The molecule has 0 bridgehead atoms. The Kier molecular flexibility index (Phi) is 8.87. The fourth-order valence-corrected chi connectivity index (χ4v) is 2.74. The molecule has 3 amide bonds. The van der Waals surface area contributed by atoms with Crippen molar-refractivity contribution in [3.8, 4) is 5.75 Å². The number of hydrogen-bond donors (Lipinski definition) is 3. The van der Waals surface area contributed by atoms with Crippen molar-refractivity contribution in [2.24, 2.45) is 0 Å². The van der Waals surface area contributed by atoms with Crippen LogP contribution in [0.4, 0.5) is 0 Å². The first-order chi connectivity index (χ1) is 13.6. The van der Waals surface area contributed by atoms with Gasteiger partial charge in [-0.3, -0.25) is 25.2 Å². The second-order valence-corrected chi connectivity index (χ2v) is 6.80. The molecule has 0 aliphatic rings. The van der Waals surface area contributed by atoms with Crippen LogP contribution in [0.15, 0.2) is 60.7 Å². The molecule has 0 unspecified atom stereocenters. The highest BCUT2D eigenvalue weighted by Gasteiger charge is 2.21. The Labute approximate surface area is 168 Å². The molecule has 0 aliphatic heterocycles. The van der Waals surface area contributed by atoms with E-state index in [0.29, 0.717) is 23.5 Å². The van der Waals surface area contributed by atoms with Crippen LogP contribution in [0.2, 0.25) is 0 Å². The van der Waals surface area contributed by atoms with Gasteiger partial charge >= 0.3 is 0 Å². The number of rotatable bonds is 9. The normalized spacial score (nSPS) is 11.2. The minimum atomic E-state index is -0.782. The summed E-state index contributed by atoms with van der Waals surface area (Å²) in [5.74, 6) is -0.107. The minimum Gasteiger partial charge on any atom is -0.484 e. The number of para-hydroxylation sites is 1. The summed E-state index contributed by atoms with van der Waals surface area (Å²) < 4.78 is 5.39. The highest BCUT2D eigenvalue weighted by Crippen LogP contribution is 2.08. The van der Waals surface area contributed by atoms with Crippen molar-refractivity contribution in [2.75, 3.05) is 18.6 Å². The monoisotopic (exact) mass is 401 g/mol. The highest BCUT2D eigenvalue weighted by atomic mass is 32.2. The van der Waals surface area contributed by atoms with Crippen molar-refractivity contribution in [3.05, 3.63) is 66.2 Å². The third-order valence-electron chi connectivity index (χ3n) is 3.71. The van der Waals surface area contributed by atoms with Gasteiger partial charge in [-0.15, -0.1) is 0 Å². The molecule has 0 aromatic heterocycles. The van der Waals surface area contributed by atoms with Crippen molar-refractivity contribution in [1.82, 2.24) is 16.2 Å². The summed E-state index contributed by atoms with van der Waals surface area (Å²) in [6.07, 6.45) is 2.33. The van der Waals surface area contributed by atoms with Crippen molar-refractivity contribution in [1.29, 1.82) is 0 Å². The Bertz CT molecular complexity index is 772. The van der Waals surface area contributed by atoms with Gasteiger partial charge in [-0.25, -0.2) is 0 Å². The first-order valence-electron chi connectivity index (χ1n) is 8.71. The zero-order valence-electron chi connectivity index (χ0n) is 15.5. The lowest BCUT2D eigenvalue weighted by Gasteiger charge is -2.18. The van der Waals surface area contributed by atoms with Crippen LogP contribution in [0.1, 0.15) is 16.8 Å². The quantitative estimate of drug-likeness (QED) is 0.557. The van der Waals surface area contributed by atoms with E-state index in [1.807, 2.05) is 12.3 Å². The van der Waals surface area contributed by atoms with Gasteiger partial charge < -0.3 is 10.1 Å². The molecule has 1 atom stereocenters. The number of carbonyl (C=O) groups excluding carboxylic acids is 3. The summed E-state index contributed by atoms with van der Waals surface area (Å²) in [6.45, 7) is -0.205. The SMILES string of the molecule is CSCC[C@@H](NC(=O)COc1ccccc1)C(=O)NNC(=O)c1ccccc1. The van der Waals surface area contributed by atoms with E-state index < -0.39 is 23.8 Å². The van der Waals surface area contributed by atoms with Crippen molar-refractivity contribution >= 4 is 29.5 Å². The van der Waals surface area contributed by atoms with E-state index in [2.05, 4.69) is 16.2 Å². The molecule has 28 heavy (non-hydrogen) atoms. The van der Waals surface area contributed by atoms with E-state index in [1.54, 1.807) is 66.4 Å². The molecule has 2 rings (SSSR count). The van der Waals surface area contributed by atoms with Gasteiger partial charge in [0.2, 0.25) is 0 Å². The number of carbonyl (C=O) groups is 3. The second kappa shape index (κ2) is 11.7. The van der Waals surface area contributed by atoms with E-state index in [1.165, 1.54) is 0 Å². The van der Waals surface area contributed by atoms with Gasteiger partial charge in [0.25, 0.3) is 17.7 Å². The lowest BCUT2D eigenvalue weighted by Crippen LogP contribution is -2.53. The minimum absolute atomic E-state index is 0.205. The third kappa shape index (κ3) is 7.32. The lowest BCUT2D eigenvalue weighted by molar-refractivity contribution is -0.130. The molecule has 0 aliphatic carbocycles. The molecule has 7 nitrogen and oxygen atoms in total. The van der Waals surface area contributed by atoms with Crippen LogP contribution >= 0.6 is 11.8 Å². The third-order valence-corrected chi connectivity index (χ3v) is 4.35. The van der Waals surface area contributed by atoms with Gasteiger partial charge in [0.05, 0.1) is 0 Å². The largest absolute Gasteiger partial charge is 0.484 e. The van der Waals surface area contributed by atoms with Crippen molar-refractivity contribution in [3.63, 3.8) is 0 Å². The van der Waals surface area contributed by atoms with Gasteiger partial charge in [-0.2, -0.15) is 11.8 Å². The van der Waals surface area contributed by atoms with E-state index in [0.717, 1.165) is 0 Å². The molecule has 3 N–H and O–H groups in total. The lowest BCUT2D eigenvalue weighted by atomic mass is 10.2. The van der Waals surface area contributed by atoms with Gasteiger partial charge in [0.15, 0.2) is 6.61 Å². The van der Waals surface area contributed by atoms with Crippen LogP contribution in [0, 0.1) is 0 Å². The summed E-state index contributed by atoms with van der Waals surface area (Å²) in [5.41, 5.74) is 5.14. The first-order valence-corrected chi connectivity index (χ1v) is 10.1. The van der Waals surface area contributed by atoms with Crippen LogP contribution in [0.5, 0.6) is 5.75 Å². The topological polar surface area (TPSA) is 96.5 Å². The predicted octanol–water partition coefficient (Wildman–Crippen LogP) is 1.76. The maximum Gasteiger partial charge on any atom is 0.269 e. The van der Waals surface area contributed by atoms with Crippen molar-refractivity contribution in [2.45, 2.75) is 12.5 Å². The summed E-state index contributed by atoms with van der Waals surface area (Å²) in [6, 6.07) is 16.7. The summed E-state index contributed by atoms with van der Waals surface area (Å²) in [5, 5.41) is 2.64. The zero-order chi connectivity index (χ0) is 20.2. The summed E-state index contributed by atoms with van der Waals surface area (Å²) in [7, 11) is 0. The molecule has 148 valence electrons. The molecule has 2 aromatic carbocycles. The van der Waals surface area contributed by atoms with Crippen LogP contribution in [-0.2, 0) is 9.59 Å². The molecular weight excluding hydrogens is 378 g/mol. The number of hydrazine groups is 1. The van der Waals surface area contributed by atoms with Crippen LogP contribution < -0.4 is 20.9 Å².